The molecule has 4 atom stereocenters. The maximum absolute atomic E-state index is 9.16. The van der Waals surface area contributed by atoms with E-state index in [9.17, 15) is 0 Å². The Kier molecular flexibility index (Phi) is 3.48. The summed E-state index contributed by atoms with van der Waals surface area (Å²) in [5.74, 6) is -0.676. The van der Waals surface area contributed by atoms with Crippen LogP contribution in [0.4, 0.5) is 0 Å². The largest absolute Gasteiger partial charge is 0.394 e. The third-order valence-corrected chi connectivity index (χ3v) is 2.65. The van der Waals surface area contributed by atoms with Crippen LogP contribution in [0.25, 0.3) is 0 Å². The molecule has 2 aliphatic heterocycles. The van der Waals surface area contributed by atoms with Gasteiger partial charge in [0, 0.05) is 7.11 Å². The third kappa shape index (κ3) is 2.22. The summed E-state index contributed by atoms with van der Waals surface area (Å²) in [6.45, 7) is 3.64. The molecule has 6 nitrogen and oxygen atoms in total. The summed E-state index contributed by atoms with van der Waals surface area (Å²) in [5.41, 5.74) is 0. The minimum absolute atomic E-state index is 0.130. The Labute approximate surface area is 94.4 Å². The van der Waals surface area contributed by atoms with Crippen LogP contribution in [-0.4, -0.2) is 56.0 Å². The zero-order chi connectivity index (χ0) is 11.8. The Bertz CT molecular complexity index is 243. The lowest BCUT2D eigenvalue weighted by atomic mass is 10.1. The van der Waals surface area contributed by atoms with Gasteiger partial charge in [-0.25, -0.2) is 0 Å². The summed E-state index contributed by atoms with van der Waals surface area (Å²) in [7, 11) is 1.54. The monoisotopic (exact) mass is 234 g/mol. The SMILES string of the molecule is COCO[C@@H]1[C@H]2OC(C)(C)O[C@H]2O[C@@H]1CO. The van der Waals surface area contributed by atoms with E-state index >= 15 is 0 Å². The van der Waals surface area contributed by atoms with Gasteiger partial charge in [0.05, 0.1) is 6.61 Å². The van der Waals surface area contributed by atoms with Crippen LogP contribution in [0, 0.1) is 0 Å². The van der Waals surface area contributed by atoms with E-state index in [1.165, 1.54) is 7.11 Å². The molecule has 2 aliphatic rings. The molecule has 94 valence electrons. The average molecular weight is 234 g/mol. The normalized spacial score (nSPS) is 41.2. The van der Waals surface area contributed by atoms with Gasteiger partial charge in [0.2, 0.25) is 0 Å². The van der Waals surface area contributed by atoms with Crippen molar-refractivity contribution in [3.8, 4) is 0 Å². The van der Waals surface area contributed by atoms with Crippen LogP contribution < -0.4 is 0 Å². The number of aliphatic hydroxyl groups is 1. The Balaban J connectivity index is 2.02. The fraction of sp³-hybridized carbons (Fsp3) is 1.00. The van der Waals surface area contributed by atoms with E-state index in [1.54, 1.807) is 0 Å². The summed E-state index contributed by atoms with van der Waals surface area (Å²) in [5, 5.41) is 9.16. The summed E-state index contributed by atoms with van der Waals surface area (Å²) < 4.78 is 27.0. The first-order valence-corrected chi connectivity index (χ1v) is 5.30. The summed E-state index contributed by atoms with van der Waals surface area (Å²) in [6, 6.07) is 0. The van der Waals surface area contributed by atoms with Crippen molar-refractivity contribution in [2.45, 2.75) is 44.2 Å². The molecule has 0 radical (unpaired) electrons. The molecule has 2 fully saturated rings. The number of methoxy groups -OCH3 is 1. The van der Waals surface area contributed by atoms with Crippen molar-refractivity contribution in [1.82, 2.24) is 0 Å². The Hall–Kier alpha value is -0.240. The third-order valence-electron chi connectivity index (χ3n) is 2.65. The maximum Gasteiger partial charge on any atom is 0.190 e. The average Bonchev–Trinajstić information content (AvgIpc) is 2.67. The molecule has 0 bridgehead atoms. The van der Waals surface area contributed by atoms with Crippen molar-refractivity contribution in [2.24, 2.45) is 0 Å². The molecule has 0 aliphatic carbocycles. The Morgan fingerprint density at radius 2 is 2.06 bits per heavy atom. The fourth-order valence-electron chi connectivity index (χ4n) is 2.04. The standard InChI is InChI=1S/C10H18O6/c1-10(2)15-8-7(13-5-12-3)6(4-11)14-9(8)16-10/h6-9,11H,4-5H2,1-3H3/t6-,7+,8-,9-/m1/s1. The highest BCUT2D eigenvalue weighted by Gasteiger charge is 2.55. The molecule has 1 N–H and O–H groups in total. The molecule has 16 heavy (non-hydrogen) atoms. The minimum Gasteiger partial charge on any atom is -0.394 e. The van der Waals surface area contributed by atoms with Crippen molar-refractivity contribution >= 4 is 0 Å². The zero-order valence-electron chi connectivity index (χ0n) is 9.71. The minimum atomic E-state index is -0.676. The molecule has 0 amide bonds. The second kappa shape index (κ2) is 4.56. The van der Waals surface area contributed by atoms with E-state index < -0.39 is 18.2 Å². The second-order valence-corrected chi connectivity index (χ2v) is 4.36. The predicted molar refractivity (Wildman–Crippen MR) is 52.5 cm³/mol. The van der Waals surface area contributed by atoms with Crippen LogP contribution in [0.5, 0.6) is 0 Å². The molecular formula is C10H18O6. The molecular weight excluding hydrogens is 216 g/mol. The van der Waals surface area contributed by atoms with Crippen molar-refractivity contribution in [3.05, 3.63) is 0 Å². The van der Waals surface area contributed by atoms with E-state index in [-0.39, 0.29) is 25.6 Å². The van der Waals surface area contributed by atoms with E-state index in [0.29, 0.717) is 0 Å². The van der Waals surface area contributed by atoms with E-state index in [2.05, 4.69) is 0 Å². The van der Waals surface area contributed by atoms with Gasteiger partial charge in [-0.2, -0.15) is 0 Å². The highest BCUT2D eigenvalue weighted by molar-refractivity contribution is 4.93. The van der Waals surface area contributed by atoms with Gasteiger partial charge >= 0.3 is 0 Å². The van der Waals surface area contributed by atoms with Crippen LogP contribution in [0.2, 0.25) is 0 Å². The summed E-state index contributed by atoms with van der Waals surface area (Å²) in [4.78, 5) is 0. The molecule has 0 aromatic heterocycles. The smallest absolute Gasteiger partial charge is 0.190 e. The van der Waals surface area contributed by atoms with Gasteiger partial charge < -0.3 is 28.8 Å². The van der Waals surface area contributed by atoms with E-state index in [1.807, 2.05) is 13.8 Å². The molecule has 2 rings (SSSR count). The highest BCUT2D eigenvalue weighted by Crippen LogP contribution is 2.38. The topological polar surface area (TPSA) is 66.4 Å². The van der Waals surface area contributed by atoms with Gasteiger partial charge in [-0.05, 0) is 13.8 Å². The number of hydrogen-bond donors (Lipinski definition) is 1. The van der Waals surface area contributed by atoms with Crippen molar-refractivity contribution < 1.29 is 28.8 Å². The van der Waals surface area contributed by atoms with Gasteiger partial charge in [0.1, 0.15) is 25.1 Å². The van der Waals surface area contributed by atoms with E-state index in [0.717, 1.165) is 0 Å². The first-order chi connectivity index (χ1) is 7.57. The molecule has 0 spiro atoms. The number of fused-ring (bicyclic) bond motifs is 1. The lowest BCUT2D eigenvalue weighted by Crippen LogP contribution is -2.38. The fourth-order valence-corrected chi connectivity index (χ4v) is 2.04. The quantitative estimate of drug-likeness (QED) is 0.682. The van der Waals surface area contributed by atoms with Crippen molar-refractivity contribution in [2.75, 3.05) is 20.5 Å². The van der Waals surface area contributed by atoms with Crippen LogP contribution in [0.1, 0.15) is 13.8 Å². The molecule has 0 aromatic carbocycles. The Morgan fingerprint density at radius 1 is 1.31 bits per heavy atom. The second-order valence-electron chi connectivity index (χ2n) is 4.36. The van der Waals surface area contributed by atoms with Gasteiger partial charge in [-0.3, -0.25) is 0 Å². The Morgan fingerprint density at radius 3 is 2.69 bits per heavy atom. The number of rotatable bonds is 4. The van der Waals surface area contributed by atoms with Crippen molar-refractivity contribution in [3.63, 3.8) is 0 Å². The lowest BCUT2D eigenvalue weighted by molar-refractivity contribution is -0.227. The first-order valence-electron chi connectivity index (χ1n) is 5.30. The molecule has 0 unspecified atom stereocenters. The lowest BCUT2D eigenvalue weighted by Gasteiger charge is -2.24. The van der Waals surface area contributed by atoms with Gasteiger partial charge in [-0.15, -0.1) is 0 Å². The number of ether oxygens (including phenoxy) is 5. The van der Waals surface area contributed by atoms with E-state index in [4.69, 9.17) is 28.8 Å². The van der Waals surface area contributed by atoms with Crippen molar-refractivity contribution in [1.29, 1.82) is 0 Å². The van der Waals surface area contributed by atoms with Gasteiger partial charge in [0.25, 0.3) is 0 Å². The van der Waals surface area contributed by atoms with Crippen LogP contribution in [0.3, 0.4) is 0 Å². The van der Waals surface area contributed by atoms with Gasteiger partial charge in [-0.1, -0.05) is 0 Å². The van der Waals surface area contributed by atoms with Gasteiger partial charge in [0.15, 0.2) is 12.1 Å². The molecule has 2 saturated heterocycles. The van der Waals surface area contributed by atoms with Crippen LogP contribution in [-0.2, 0) is 23.7 Å². The summed E-state index contributed by atoms with van der Waals surface area (Å²) >= 11 is 0. The highest BCUT2D eigenvalue weighted by atomic mass is 16.8. The molecule has 0 aromatic rings. The summed E-state index contributed by atoms with van der Waals surface area (Å²) in [6.07, 6.45) is -1.59. The maximum atomic E-state index is 9.16. The first kappa shape index (κ1) is 12.2. The molecule has 0 saturated carbocycles. The van der Waals surface area contributed by atoms with Crippen LogP contribution >= 0.6 is 0 Å². The molecule has 6 heteroatoms. The number of hydrogen-bond acceptors (Lipinski definition) is 6. The van der Waals surface area contributed by atoms with Crippen LogP contribution in [0.15, 0.2) is 0 Å². The number of aliphatic hydroxyl groups excluding tert-OH is 1. The zero-order valence-corrected chi connectivity index (χ0v) is 9.71. The predicted octanol–water partition coefficient (Wildman–Crippen LogP) is -0.156. The molecule has 2 heterocycles.